The number of rotatable bonds is 4. The van der Waals surface area contributed by atoms with E-state index in [1.54, 1.807) is 11.8 Å². The van der Waals surface area contributed by atoms with Gasteiger partial charge in [0.05, 0.1) is 12.7 Å². The molecule has 0 unspecified atom stereocenters. The van der Waals surface area contributed by atoms with Crippen molar-refractivity contribution in [2.45, 2.75) is 19.9 Å². The minimum absolute atomic E-state index is 0.215. The van der Waals surface area contributed by atoms with Crippen LogP contribution in [0.4, 0.5) is 11.6 Å². The molecule has 1 aliphatic heterocycles. The van der Waals surface area contributed by atoms with Gasteiger partial charge in [0.25, 0.3) is 5.91 Å². The number of methoxy groups -OCH3 is 1. The molecule has 0 radical (unpaired) electrons. The number of carbonyl (C=O) groups is 1. The third-order valence-electron chi connectivity index (χ3n) is 4.76. The summed E-state index contributed by atoms with van der Waals surface area (Å²) in [7, 11) is 1.61. The van der Waals surface area contributed by atoms with Crippen LogP contribution in [0.5, 0.6) is 5.75 Å². The Kier molecular flexibility index (Phi) is 4.52. The van der Waals surface area contributed by atoms with Crippen LogP contribution in [-0.2, 0) is 4.79 Å². The highest BCUT2D eigenvalue weighted by atomic mass is 16.5. The average molecular weight is 376 g/mol. The summed E-state index contributed by atoms with van der Waals surface area (Å²) in [5.41, 5.74) is 3.83. The van der Waals surface area contributed by atoms with E-state index < -0.39 is 6.04 Å². The minimum atomic E-state index is -0.481. The number of hydrogen-bond acceptors (Lipinski definition) is 6. The van der Waals surface area contributed by atoms with Crippen LogP contribution in [-0.4, -0.2) is 33.2 Å². The Morgan fingerprint density at radius 3 is 2.79 bits per heavy atom. The van der Waals surface area contributed by atoms with Crippen LogP contribution in [0.3, 0.4) is 0 Å². The van der Waals surface area contributed by atoms with E-state index >= 15 is 0 Å². The maximum atomic E-state index is 13.3. The lowest BCUT2D eigenvalue weighted by molar-refractivity contribution is -0.113. The van der Waals surface area contributed by atoms with E-state index in [1.807, 2.05) is 62.4 Å². The molecule has 0 saturated carbocycles. The zero-order valence-corrected chi connectivity index (χ0v) is 15.8. The zero-order valence-electron chi connectivity index (χ0n) is 15.8. The van der Waals surface area contributed by atoms with Crippen molar-refractivity contribution in [3.05, 3.63) is 70.9 Å². The van der Waals surface area contributed by atoms with Crippen molar-refractivity contribution in [2.75, 3.05) is 17.7 Å². The van der Waals surface area contributed by atoms with Crippen LogP contribution in [0.15, 0.2) is 59.8 Å². The molecule has 1 atom stereocenters. The molecule has 8 nitrogen and oxygen atoms in total. The molecule has 4 rings (SSSR count). The van der Waals surface area contributed by atoms with E-state index in [9.17, 15) is 4.79 Å². The second-order valence-electron chi connectivity index (χ2n) is 6.56. The number of fused-ring (bicyclic) bond motifs is 1. The van der Waals surface area contributed by atoms with Gasteiger partial charge in [-0.2, -0.15) is 4.68 Å². The van der Waals surface area contributed by atoms with Crippen LogP contribution in [0.25, 0.3) is 0 Å². The number of anilines is 2. The predicted octanol–water partition coefficient (Wildman–Crippen LogP) is 2.92. The number of amides is 1. The summed E-state index contributed by atoms with van der Waals surface area (Å²) in [5, 5.41) is 18.0. The summed E-state index contributed by atoms with van der Waals surface area (Å²) in [5.74, 6) is 0.966. The Morgan fingerprint density at radius 1 is 1.18 bits per heavy atom. The van der Waals surface area contributed by atoms with Crippen molar-refractivity contribution in [3.8, 4) is 5.75 Å². The normalized spacial score (nSPS) is 15.6. The summed E-state index contributed by atoms with van der Waals surface area (Å²) in [6.07, 6.45) is 0. The first kappa shape index (κ1) is 17.7. The first-order chi connectivity index (χ1) is 13.6. The van der Waals surface area contributed by atoms with Crippen molar-refractivity contribution >= 4 is 17.5 Å². The largest absolute Gasteiger partial charge is 0.497 e. The lowest BCUT2D eigenvalue weighted by atomic mass is 9.94. The van der Waals surface area contributed by atoms with E-state index in [0.717, 1.165) is 16.8 Å². The first-order valence-corrected chi connectivity index (χ1v) is 8.85. The Morgan fingerprint density at radius 2 is 2.00 bits per heavy atom. The number of aryl methyl sites for hydroxylation is 1. The second-order valence-corrected chi connectivity index (χ2v) is 6.56. The van der Waals surface area contributed by atoms with Gasteiger partial charge in [0, 0.05) is 11.4 Å². The fraction of sp³-hybridized carbons (Fsp3) is 0.200. The standard InChI is InChI=1S/C20H20N6O2/c1-12-7-4-5-10-16(12)22-19(27)17-13(2)21-20-23-24-25-26(20)18(17)14-8-6-9-15(11-14)28-3/h4-11,18H,1-3H3,(H,22,27)(H,21,23,25)/t18-/m0/s1. The van der Waals surface area contributed by atoms with Crippen LogP contribution in [0.2, 0.25) is 0 Å². The van der Waals surface area contributed by atoms with Crippen LogP contribution in [0.1, 0.15) is 24.1 Å². The van der Waals surface area contributed by atoms with Gasteiger partial charge in [-0.25, -0.2) is 0 Å². The topological polar surface area (TPSA) is 94.0 Å². The van der Waals surface area contributed by atoms with Gasteiger partial charge in [-0.15, -0.1) is 0 Å². The van der Waals surface area contributed by atoms with Crippen molar-refractivity contribution in [3.63, 3.8) is 0 Å². The molecule has 0 aliphatic carbocycles. The number of allylic oxidation sites excluding steroid dienone is 1. The Hall–Kier alpha value is -3.68. The van der Waals surface area contributed by atoms with Gasteiger partial charge in [-0.3, -0.25) is 4.79 Å². The fourth-order valence-corrected chi connectivity index (χ4v) is 3.33. The van der Waals surface area contributed by atoms with E-state index in [1.165, 1.54) is 0 Å². The molecule has 1 aliphatic rings. The SMILES string of the molecule is COc1cccc([C@H]2C(C(=O)Nc3ccccc3C)=C(C)Nc3nnnn32)c1. The molecule has 2 heterocycles. The molecule has 1 aromatic heterocycles. The van der Waals surface area contributed by atoms with Crippen molar-refractivity contribution in [1.29, 1.82) is 0 Å². The van der Waals surface area contributed by atoms with E-state index in [2.05, 4.69) is 26.2 Å². The molecule has 3 aromatic rings. The van der Waals surface area contributed by atoms with Crippen molar-refractivity contribution in [2.24, 2.45) is 0 Å². The number of tetrazole rings is 1. The van der Waals surface area contributed by atoms with Crippen LogP contribution < -0.4 is 15.4 Å². The lowest BCUT2D eigenvalue weighted by Gasteiger charge is -2.28. The molecule has 0 spiro atoms. The molecule has 8 heteroatoms. The molecule has 1 amide bonds. The van der Waals surface area contributed by atoms with E-state index in [0.29, 0.717) is 23.0 Å². The number of aromatic nitrogens is 4. The highest BCUT2D eigenvalue weighted by Gasteiger charge is 2.34. The molecule has 142 valence electrons. The minimum Gasteiger partial charge on any atom is -0.497 e. The molecule has 0 fully saturated rings. The molecule has 2 N–H and O–H groups in total. The quantitative estimate of drug-likeness (QED) is 0.727. The van der Waals surface area contributed by atoms with Crippen LogP contribution >= 0.6 is 0 Å². The summed E-state index contributed by atoms with van der Waals surface area (Å²) in [4.78, 5) is 13.3. The van der Waals surface area contributed by atoms with Gasteiger partial charge < -0.3 is 15.4 Å². The maximum absolute atomic E-state index is 13.3. The van der Waals surface area contributed by atoms with Gasteiger partial charge >= 0.3 is 0 Å². The van der Waals surface area contributed by atoms with Crippen LogP contribution in [0, 0.1) is 6.92 Å². The number of ether oxygens (including phenoxy) is 1. The monoisotopic (exact) mass is 376 g/mol. The fourth-order valence-electron chi connectivity index (χ4n) is 3.33. The summed E-state index contributed by atoms with van der Waals surface area (Å²) >= 11 is 0. The van der Waals surface area contributed by atoms with Gasteiger partial charge in [0.1, 0.15) is 11.8 Å². The number of nitrogens with one attached hydrogen (secondary N) is 2. The Labute approximate surface area is 162 Å². The smallest absolute Gasteiger partial charge is 0.255 e. The third kappa shape index (κ3) is 3.09. The van der Waals surface area contributed by atoms with E-state index in [-0.39, 0.29) is 5.91 Å². The number of benzene rings is 2. The summed E-state index contributed by atoms with van der Waals surface area (Å²) < 4.78 is 6.96. The summed E-state index contributed by atoms with van der Waals surface area (Å²) in [6.45, 7) is 3.80. The molecular formula is C20H20N6O2. The second kappa shape index (κ2) is 7.15. The molecule has 0 saturated heterocycles. The van der Waals surface area contributed by atoms with Gasteiger partial charge in [-0.05, 0) is 53.6 Å². The first-order valence-electron chi connectivity index (χ1n) is 8.85. The van der Waals surface area contributed by atoms with Gasteiger partial charge in [0.15, 0.2) is 0 Å². The predicted molar refractivity (Wildman–Crippen MR) is 105 cm³/mol. The highest BCUT2D eigenvalue weighted by molar-refractivity contribution is 6.06. The number of carbonyl (C=O) groups excluding carboxylic acids is 1. The average Bonchev–Trinajstić information content (AvgIpc) is 3.16. The molecular weight excluding hydrogens is 356 g/mol. The maximum Gasteiger partial charge on any atom is 0.255 e. The Bertz CT molecular complexity index is 1070. The van der Waals surface area contributed by atoms with Gasteiger partial charge in [0.2, 0.25) is 5.95 Å². The number of para-hydroxylation sites is 1. The highest BCUT2D eigenvalue weighted by Crippen LogP contribution is 2.36. The van der Waals surface area contributed by atoms with Crippen molar-refractivity contribution < 1.29 is 9.53 Å². The molecule has 2 aromatic carbocycles. The molecule has 0 bridgehead atoms. The number of hydrogen-bond donors (Lipinski definition) is 2. The lowest BCUT2D eigenvalue weighted by Crippen LogP contribution is -2.31. The van der Waals surface area contributed by atoms with Gasteiger partial charge in [-0.1, -0.05) is 35.4 Å². The Balaban J connectivity index is 1.78. The number of nitrogens with zero attached hydrogens (tertiary/aromatic N) is 4. The summed E-state index contributed by atoms with van der Waals surface area (Å²) in [6, 6.07) is 14.7. The van der Waals surface area contributed by atoms with Crippen molar-refractivity contribution in [1.82, 2.24) is 20.2 Å². The van der Waals surface area contributed by atoms with E-state index in [4.69, 9.17) is 4.74 Å². The molecule has 28 heavy (non-hydrogen) atoms. The third-order valence-corrected chi connectivity index (χ3v) is 4.76. The zero-order chi connectivity index (χ0) is 19.7.